The predicted octanol–water partition coefficient (Wildman–Crippen LogP) is 2.92. The number of carbonyl (C=O) groups excluding carboxylic acids is 1. The first-order chi connectivity index (χ1) is 9.85. The molecule has 21 heavy (non-hydrogen) atoms. The number of anilines is 1. The second-order valence-corrected chi connectivity index (χ2v) is 7.04. The summed E-state index contributed by atoms with van der Waals surface area (Å²) in [4.78, 5) is 18.6. The van der Waals surface area contributed by atoms with Gasteiger partial charge in [-0.25, -0.2) is 9.78 Å². The van der Waals surface area contributed by atoms with Crippen molar-refractivity contribution < 1.29 is 9.53 Å². The van der Waals surface area contributed by atoms with Gasteiger partial charge in [0.1, 0.15) is 11.4 Å². The molecule has 1 aromatic rings. The summed E-state index contributed by atoms with van der Waals surface area (Å²) < 4.78 is 5.56. The van der Waals surface area contributed by atoms with Gasteiger partial charge in [-0.3, -0.25) is 0 Å². The summed E-state index contributed by atoms with van der Waals surface area (Å²) in [6, 6.07) is 4.39. The number of nitrogens with zero attached hydrogens (tertiary/aromatic N) is 2. The van der Waals surface area contributed by atoms with E-state index in [4.69, 9.17) is 10.5 Å². The van der Waals surface area contributed by atoms with E-state index in [-0.39, 0.29) is 12.1 Å². The highest BCUT2D eigenvalue weighted by Crippen LogP contribution is 2.47. The van der Waals surface area contributed by atoms with Gasteiger partial charge >= 0.3 is 6.09 Å². The average molecular weight is 289 g/mol. The fourth-order valence-electron chi connectivity index (χ4n) is 3.58. The molecule has 0 radical (unpaired) electrons. The molecule has 0 saturated carbocycles. The predicted molar refractivity (Wildman–Crippen MR) is 80.9 cm³/mol. The Kier molecular flexibility index (Phi) is 3.30. The molecule has 2 bridgehead atoms. The molecule has 1 amide bonds. The van der Waals surface area contributed by atoms with Gasteiger partial charge in [-0.15, -0.1) is 0 Å². The van der Waals surface area contributed by atoms with Gasteiger partial charge in [0, 0.05) is 24.2 Å². The minimum absolute atomic E-state index is 0.180. The molecule has 114 valence electrons. The summed E-state index contributed by atoms with van der Waals surface area (Å²) in [5, 5.41) is 0. The highest BCUT2D eigenvalue weighted by atomic mass is 16.6. The molecule has 1 aromatic heterocycles. The van der Waals surface area contributed by atoms with E-state index in [2.05, 4.69) is 4.98 Å². The van der Waals surface area contributed by atoms with Gasteiger partial charge in [-0.2, -0.15) is 0 Å². The zero-order valence-electron chi connectivity index (χ0n) is 12.9. The average Bonchev–Trinajstić information content (AvgIpc) is 2.95. The van der Waals surface area contributed by atoms with Crippen LogP contribution in [0.2, 0.25) is 0 Å². The van der Waals surface area contributed by atoms with E-state index in [1.165, 1.54) is 5.56 Å². The molecule has 0 spiro atoms. The van der Waals surface area contributed by atoms with Crippen molar-refractivity contribution in [2.24, 2.45) is 0 Å². The zero-order chi connectivity index (χ0) is 15.2. The molecule has 3 unspecified atom stereocenters. The number of hydrogen-bond donors (Lipinski definition) is 1. The number of ether oxygens (including phenoxy) is 1. The molecular weight excluding hydrogens is 266 g/mol. The van der Waals surface area contributed by atoms with E-state index in [1.54, 1.807) is 0 Å². The van der Waals surface area contributed by atoms with Crippen molar-refractivity contribution in [2.75, 3.05) is 5.73 Å². The third-order valence-electron chi connectivity index (χ3n) is 4.38. The largest absolute Gasteiger partial charge is 0.444 e. The van der Waals surface area contributed by atoms with Gasteiger partial charge in [0.05, 0.1) is 0 Å². The van der Waals surface area contributed by atoms with E-state index in [0.717, 1.165) is 19.3 Å². The standard InChI is InChI=1S/C16H23N3O2/c1-16(2,3)21-15(20)19-11-5-6-13(19)12(8-11)10-4-7-14(17)18-9-10/h4,7,9,11-13H,5-6,8H2,1-3H3,(H2,17,18). The van der Waals surface area contributed by atoms with Crippen molar-refractivity contribution in [3.8, 4) is 0 Å². The van der Waals surface area contributed by atoms with Gasteiger partial charge in [0.2, 0.25) is 0 Å². The highest BCUT2D eigenvalue weighted by Gasteiger charge is 2.50. The Bertz CT molecular complexity index is 535. The molecule has 3 rings (SSSR count). The number of pyridine rings is 1. The van der Waals surface area contributed by atoms with Crippen molar-refractivity contribution in [1.82, 2.24) is 9.88 Å². The molecule has 5 nitrogen and oxygen atoms in total. The topological polar surface area (TPSA) is 68.5 Å². The maximum Gasteiger partial charge on any atom is 0.410 e. The van der Waals surface area contributed by atoms with Crippen LogP contribution in [0.1, 0.15) is 51.5 Å². The van der Waals surface area contributed by atoms with Crippen LogP contribution in [0, 0.1) is 0 Å². The molecule has 3 heterocycles. The van der Waals surface area contributed by atoms with Crippen molar-refractivity contribution in [3.63, 3.8) is 0 Å². The number of fused-ring (bicyclic) bond motifs is 2. The number of carbonyl (C=O) groups is 1. The van der Waals surface area contributed by atoms with E-state index in [0.29, 0.717) is 17.8 Å². The number of amides is 1. The van der Waals surface area contributed by atoms with E-state index >= 15 is 0 Å². The van der Waals surface area contributed by atoms with Gasteiger partial charge in [-0.1, -0.05) is 6.07 Å². The molecule has 2 saturated heterocycles. The van der Waals surface area contributed by atoms with Crippen LogP contribution < -0.4 is 5.73 Å². The van der Waals surface area contributed by atoms with E-state index < -0.39 is 5.60 Å². The van der Waals surface area contributed by atoms with Gasteiger partial charge in [0.25, 0.3) is 0 Å². The number of rotatable bonds is 1. The van der Waals surface area contributed by atoms with Crippen LogP contribution in [-0.2, 0) is 4.74 Å². The Morgan fingerprint density at radius 2 is 2.14 bits per heavy atom. The molecular formula is C16H23N3O2. The summed E-state index contributed by atoms with van der Waals surface area (Å²) in [6.45, 7) is 5.72. The lowest BCUT2D eigenvalue weighted by atomic mass is 9.85. The second-order valence-electron chi connectivity index (χ2n) is 7.04. The Balaban J connectivity index is 1.78. The minimum atomic E-state index is -0.447. The van der Waals surface area contributed by atoms with Gasteiger partial charge < -0.3 is 15.4 Å². The first kappa shape index (κ1) is 14.2. The molecule has 2 aliphatic rings. The van der Waals surface area contributed by atoms with Crippen LogP contribution in [0.25, 0.3) is 0 Å². The number of nitrogen functional groups attached to an aromatic ring is 1. The summed E-state index contributed by atoms with van der Waals surface area (Å²) >= 11 is 0. The first-order valence-electron chi connectivity index (χ1n) is 7.58. The maximum absolute atomic E-state index is 12.4. The molecule has 2 N–H and O–H groups in total. The monoisotopic (exact) mass is 289 g/mol. The van der Waals surface area contributed by atoms with E-state index in [9.17, 15) is 4.79 Å². The third-order valence-corrected chi connectivity index (χ3v) is 4.38. The molecule has 2 aliphatic heterocycles. The summed E-state index contributed by atoms with van der Waals surface area (Å²) in [5.74, 6) is 0.885. The quantitative estimate of drug-likeness (QED) is 0.863. The number of aromatic nitrogens is 1. The normalized spacial score (nSPS) is 28.0. The molecule has 0 aliphatic carbocycles. The lowest BCUT2D eigenvalue weighted by Gasteiger charge is -2.28. The van der Waals surface area contributed by atoms with Crippen LogP contribution in [0.4, 0.5) is 10.6 Å². The minimum Gasteiger partial charge on any atom is -0.444 e. The fraction of sp³-hybridized carbons (Fsp3) is 0.625. The first-order valence-corrected chi connectivity index (χ1v) is 7.58. The van der Waals surface area contributed by atoms with Crippen LogP contribution in [0.5, 0.6) is 0 Å². The highest BCUT2D eigenvalue weighted by molar-refractivity contribution is 5.70. The Labute approximate surface area is 125 Å². The Morgan fingerprint density at radius 1 is 1.38 bits per heavy atom. The van der Waals surface area contributed by atoms with Crippen LogP contribution in [-0.4, -0.2) is 33.7 Å². The van der Waals surface area contributed by atoms with Crippen molar-refractivity contribution in [3.05, 3.63) is 23.9 Å². The summed E-state index contributed by atoms with van der Waals surface area (Å²) in [5.41, 5.74) is 6.37. The lowest BCUT2D eigenvalue weighted by Crippen LogP contribution is -2.40. The Hall–Kier alpha value is -1.78. The third kappa shape index (κ3) is 2.69. The van der Waals surface area contributed by atoms with Crippen molar-refractivity contribution >= 4 is 11.9 Å². The number of nitrogens with two attached hydrogens (primary N) is 1. The van der Waals surface area contributed by atoms with Crippen LogP contribution in [0.3, 0.4) is 0 Å². The van der Waals surface area contributed by atoms with Crippen LogP contribution >= 0.6 is 0 Å². The Morgan fingerprint density at radius 3 is 2.76 bits per heavy atom. The maximum atomic E-state index is 12.4. The van der Waals surface area contributed by atoms with Crippen LogP contribution in [0.15, 0.2) is 18.3 Å². The fourth-order valence-corrected chi connectivity index (χ4v) is 3.58. The van der Waals surface area contributed by atoms with Crippen molar-refractivity contribution in [2.45, 2.75) is 63.6 Å². The number of hydrogen-bond acceptors (Lipinski definition) is 4. The molecule has 3 atom stereocenters. The van der Waals surface area contributed by atoms with Gasteiger partial charge in [-0.05, 0) is 51.7 Å². The molecule has 2 fully saturated rings. The van der Waals surface area contributed by atoms with E-state index in [1.807, 2.05) is 44.0 Å². The molecule has 5 heteroatoms. The summed E-state index contributed by atoms with van der Waals surface area (Å²) in [6.07, 6.45) is 4.77. The smallest absolute Gasteiger partial charge is 0.410 e. The lowest BCUT2D eigenvalue weighted by molar-refractivity contribution is 0.0213. The SMILES string of the molecule is CC(C)(C)OC(=O)N1C2CCC1C(c1ccc(N)nc1)C2. The zero-order valence-corrected chi connectivity index (χ0v) is 12.9. The second kappa shape index (κ2) is 4.90. The van der Waals surface area contributed by atoms with Crippen molar-refractivity contribution in [1.29, 1.82) is 0 Å². The van der Waals surface area contributed by atoms with Gasteiger partial charge in [0.15, 0.2) is 0 Å². The summed E-state index contributed by atoms with van der Waals surface area (Å²) in [7, 11) is 0. The molecule has 0 aromatic carbocycles.